The molecule has 0 unspecified atom stereocenters. The highest BCUT2D eigenvalue weighted by atomic mass is 32.1. The number of benzene rings is 2. The molecular weight excluding hydrogens is 370 g/mol. The molecule has 1 heterocycles. The highest BCUT2D eigenvalue weighted by molar-refractivity contribution is 7.12. The van der Waals surface area contributed by atoms with Gasteiger partial charge in [0.05, 0.1) is 18.2 Å². The molecule has 1 aromatic heterocycles. The highest BCUT2D eigenvalue weighted by Gasteiger charge is 2.22. The molecule has 0 spiro atoms. The molecule has 28 heavy (non-hydrogen) atoms. The second-order valence-corrected chi connectivity index (χ2v) is 7.13. The van der Waals surface area contributed by atoms with Crippen LogP contribution in [-0.2, 0) is 9.59 Å². The van der Waals surface area contributed by atoms with Gasteiger partial charge in [-0.25, -0.2) is 5.43 Å². The Kier molecular flexibility index (Phi) is 6.70. The minimum Gasteiger partial charge on any atom is -0.346 e. The Morgan fingerprint density at radius 1 is 0.929 bits per heavy atom. The van der Waals surface area contributed by atoms with Crippen LogP contribution < -0.4 is 10.7 Å². The molecule has 2 aromatic carbocycles. The molecule has 142 valence electrons. The number of nitrogens with one attached hydrogen (secondary N) is 2. The lowest BCUT2D eigenvalue weighted by atomic mass is 9.90. The topological polar surface area (TPSA) is 70.6 Å². The molecule has 2 amide bonds. The molecule has 3 rings (SSSR count). The Bertz CT molecular complexity index is 899. The summed E-state index contributed by atoms with van der Waals surface area (Å²) in [4.78, 5) is 25.9. The third-order valence-corrected chi connectivity index (χ3v) is 5.16. The Morgan fingerprint density at radius 3 is 2.07 bits per heavy atom. The molecule has 3 aromatic rings. The van der Waals surface area contributed by atoms with Gasteiger partial charge in [-0.2, -0.15) is 5.10 Å². The number of nitrogens with zero attached hydrogens (tertiary/aromatic N) is 1. The zero-order valence-electron chi connectivity index (χ0n) is 15.5. The number of hydrazone groups is 1. The Hall–Kier alpha value is -3.25. The van der Waals surface area contributed by atoms with Crippen LogP contribution in [0.1, 0.15) is 28.8 Å². The fraction of sp³-hybridized carbons (Fsp3) is 0.136. The van der Waals surface area contributed by atoms with Gasteiger partial charge in [0.15, 0.2) is 0 Å². The van der Waals surface area contributed by atoms with E-state index in [2.05, 4.69) is 15.8 Å². The number of hydrogen-bond donors (Lipinski definition) is 2. The second kappa shape index (κ2) is 9.62. The van der Waals surface area contributed by atoms with E-state index in [0.717, 1.165) is 21.7 Å². The van der Waals surface area contributed by atoms with Crippen molar-refractivity contribution in [2.75, 3.05) is 6.54 Å². The number of carbonyl (C=O) groups is 2. The molecule has 5 nitrogen and oxygen atoms in total. The van der Waals surface area contributed by atoms with Crippen LogP contribution in [0, 0.1) is 0 Å². The summed E-state index contributed by atoms with van der Waals surface area (Å²) < 4.78 is 0. The van der Waals surface area contributed by atoms with Crippen LogP contribution in [0.25, 0.3) is 0 Å². The van der Waals surface area contributed by atoms with Crippen molar-refractivity contribution in [1.82, 2.24) is 10.7 Å². The van der Waals surface area contributed by atoms with E-state index in [1.807, 2.05) is 85.1 Å². The number of hydrogen-bond acceptors (Lipinski definition) is 4. The quantitative estimate of drug-likeness (QED) is 0.478. The standard InChI is InChI=1S/C22H21N3O2S/c1-16(19-13-8-14-28-19)24-25-20(26)15-23-22(27)21(17-9-4-2-5-10-17)18-11-6-3-7-12-18/h2-14,21H,15H2,1H3,(H,23,27)(H,25,26)/b24-16-. The van der Waals surface area contributed by atoms with Crippen molar-refractivity contribution in [2.24, 2.45) is 5.10 Å². The van der Waals surface area contributed by atoms with E-state index in [9.17, 15) is 9.59 Å². The van der Waals surface area contributed by atoms with Crippen molar-refractivity contribution in [3.05, 3.63) is 94.2 Å². The summed E-state index contributed by atoms with van der Waals surface area (Å²) in [5, 5.41) is 8.75. The van der Waals surface area contributed by atoms with Crippen LogP contribution in [0.15, 0.2) is 83.3 Å². The fourth-order valence-corrected chi connectivity index (χ4v) is 3.46. The van der Waals surface area contributed by atoms with Gasteiger partial charge in [0.25, 0.3) is 5.91 Å². The summed E-state index contributed by atoms with van der Waals surface area (Å²) in [5.74, 6) is -1.08. The van der Waals surface area contributed by atoms with Crippen molar-refractivity contribution < 1.29 is 9.59 Å². The van der Waals surface area contributed by atoms with Crippen LogP contribution in [0.2, 0.25) is 0 Å². The highest BCUT2D eigenvalue weighted by Crippen LogP contribution is 2.24. The van der Waals surface area contributed by atoms with Gasteiger partial charge in [0.1, 0.15) is 0 Å². The first-order chi connectivity index (χ1) is 13.6. The zero-order chi connectivity index (χ0) is 19.8. The van der Waals surface area contributed by atoms with Crippen LogP contribution >= 0.6 is 11.3 Å². The first kappa shape index (κ1) is 19.5. The van der Waals surface area contributed by atoms with Crippen molar-refractivity contribution in [3.63, 3.8) is 0 Å². The number of thiophene rings is 1. The van der Waals surface area contributed by atoms with E-state index in [0.29, 0.717) is 0 Å². The maximum absolute atomic E-state index is 12.8. The molecule has 0 saturated heterocycles. The van der Waals surface area contributed by atoms with Crippen molar-refractivity contribution in [3.8, 4) is 0 Å². The molecule has 0 saturated carbocycles. The smallest absolute Gasteiger partial charge is 0.259 e. The molecule has 0 bridgehead atoms. The number of rotatable bonds is 7. The molecule has 0 aliphatic rings. The summed E-state index contributed by atoms with van der Waals surface area (Å²) in [7, 11) is 0. The fourth-order valence-electron chi connectivity index (χ4n) is 2.78. The average Bonchev–Trinajstić information content (AvgIpc) is 3.27. The lowest BCUT2D eigenvalue weighted by molar-refractivity contribution is -0.126. The van der Waals surface area contributed by atoms with Crippen LogP contribution in [-0.4, -0.2) is 24.1 Å². The van der Waals surface area contributed by atoms with Crippen molar-refractivity contribution >= 4 is 28.9 Å². The van der Waals surface area contributed by atoms with E-state index in [1.165, 1.54) is 0 Å². The normalized spacial score (nSPS) is 11.3. The van der Waals surface area contributed by atoms with Gasteiger partial charge in [-0.1, -0.05) is 66.7 Å². The third kappa shape index (κ3) is 5.14. The largest absolute Gasteiger partial charge is 0.346 e. The lowest BCUT2D eigenvalue weighted by Crippen LogP contribution is -2.38. The van der Waals surface area contributed by atoms with Gasteiger partial charge in [-0.3, -0.25) is 9.59 Å². The minimum absolute atomic E-state index is 0.143. The van der Waals surface area contributed by atoms with E-state index in [4.69, 9.17) is 0 Å². The van der Waals surface area contributed by atoms with Crippen molar-refractivity contribution in [1.29, 1.82) is 0 Å². The molecule has 0 radical (unpaired) electrons. The maximum Gasteiger partial charge on any atom is 0.259 e. The van der Waals surface area contributed by atoms with Gasteiger partial charge in [0, 0.05) is 4.88 Å². The molecular formula is C22H21N3O2S. The third-order valence-electron chi connectivity index (χ3n) is 4.18. The summed E-state index contributed by atoms with van der Waals surface area (Å²) in [6.07, 6.45) is 0. The first-order valence-corrected chi connectivity index (χ1v) is 9.77. The van der Waals surface area contributed by atoms with Crippen molar-refractivity contribution in [2.45, 2.75) is 12.8 Å². The van der Waals surface area contributed by atoms with Gasteiger partial charge < -0.3 is 5.32 Å². The lowest BCUT2D eigenvalue weighted by Gasteiger charge is -2.17. The Morgan fingerprint density at radius 2 is 1.54 bits per heavy atom. The maximum atomic E-state index is 12.8. The summed E-state index contributed by atoms with van der Waals surface area (Å²) >= 11 is 1.55. The van der Waals surface area contributed by atoms with E-state index in [1.54, 1.807) is 11.3 Å². The molecule has 6 heteroatoms. The zero-order valence-corrected chi connectivity index (χ0v) is 16.3. The summed E-state index contributed by atoms with van der Waals surface area (Å²) in [5.41, 5.74) is 4.96. The monoisotopic (exact) mass is 391 g/mol. The van der Waals surface area contributed by atoms with Crippen LogP contribution in [0.4, 0.5) is 0 Å². The second-order valence-electron chi connectivity index (χ2n) is 6.18. The molecule has 0 aliphatic carbocycles. The molecule has 2 N–H and O–H groups in total. The Labute approximate surface area is 168 Å². The summed E-state index contributed by atoms with van der Waals surface area (Å²) in [6.45, 7) is 1.68. The van der Waals surface area contributed by atoms with Gasteiger partial charge >= 0.3 is 0 Å². The van der Waals surface area contributed by atoms with Gasteiger partial charge in [0.2, 0.25) is 5.91 Å². The average molecular weight is 391 g/mol. The van der Waals surface area contributed by atoms with E-state index < -0.39 is 5.92 Å². The van der Waals surface area contributed by atoms with E-state index in [-0.39, 0.29) is 18.4 Å². The minimum atomic E-state index is -0.480. The predicted molar refractivity (Wildman–Crippen MR) is 112 cm³/mol. The number of amides is 2. The SMILES string of the molecule is C/C(=N/NC(=O)CNC(=O)C(c1ccccc1)c1ccccc1)c1cccs1. The number of carbonyl (C=O) groups excluding carboxylic acids is 2. The molecule has 0 aliphatic heterocycles. The molecule has 0 fully saturated rings. The van der Waals surface area contributed by atoms with E-state index >= 15 is 0 Å². The van der Waals surface area contributed by atoms with Gasteiger partial charge in [-0.15, -0.1) is 11.3 Å². The predicted octanol–water partition coefficient (Wildman–Crippen LogP) is 3.54. The first-order valence-electron chi connectivity index (χ1n) is 8.90. The van der Waals surface area contributed by atoms with Crippen LogP contribution in [0.3, 0.4) is 0 Å². The summed E-state index contributed by atoms with van der Waals surface area (Å²) in [6, 6.07) is 22.9. The van der Waals surface area contributed by atoms with Crippen LogP contribution in [0.5, 0.6) is 0 Å². The Balaban J connectivity index is 1.64. The van der Waals surface area contributed by atoms with Gasteiger partial charge in [-0.05, 0) is 29.5 Å². The molecule has 0 atom stereocenters.